The molecule has 1 aromatic heterocycles. The van der Waals surface area contributed by atoms with Gasteiger partial charge in [-0.3, -0.25) is 0 Å². The maximum atomic E-state index is 5.93. The molecule has 0 radical (unpaired) electrons. The molecule has 156 valence electrons. The third-order valence-electron chi connectivity index (χ3n) is 3.87. The summed E-state index contributed by atoms with van der Waals surface area (Å²) >= 11 is 1.76. The Bertz CT molecular complexity index is 752. The highest BCUT2D eigenvalue weighted by Gasteiger charge is 2.07. The predicted molar refractivity (Wildman–Crippen MR) is 128 cm³/mol. The summed E-state index contributed by atoms with van der Waals surface area (Å²) in [4.78, 5) is 10.4. The number of methoxy groups -OCH3 is 1. The summed E-state index contributed by atoms with van der Waals surface area (Å²) in [5, 5.41) is 7.78. The molecule has 0 fully saturated rings. The number of hydrogen-bond acceptors (Lipinski definition) is 5. The van der Waals surface area contributed by atoms with Gasteiger partial charge >= 0.3 is 0 Å². The van der Waals surface area contributed by atoms with E-state index in [1.54, 1.807) is 18.4 Å². The second kappa shape index (κ2) is 12.8. The van der Waals surface area contributed by atoms with Gasteiger partial charge in [-0.2, -0.15) is 0 Å². The molecule has 0 aliphatic heterocycles. The van der Waals surface area contributed by atoms with Crippen LogP contribution >= 0.6 is 35.3 Å². The number of guanidine groups is 1. The minimum Gasteiger partial charge on any atom is -0.497 e. The van der Waals surface area contributed by atoms with Crippen molar-refractivity contribution in [1.29, 1.82) is 0 Å². The number of rotatable bonds is 9. The van der Waals surface area contributed by atoms with Crippen LogP contribution in [-0.2, 0) is 6.42 Å². The van der Waals surface area contributed by atoms with Crippen molar-refractivity contribution in [3.8, 4) is 11.5 Å². The van der Waals surface area contributed by atoms with E-state index < -0.39 is 0 Å². The smallest absolute Gasteiger partial charge is 0.191 e. The van der Waals surface area contributed by atoms with E-state index in [9.17, 15) is 0 Å². The van der Waals surface area contributed by atoms with E-state index in [-0.39, 0.29) is 30.1 Å². The van der Waals surface area contributed by atoms with Crippen LogP contribution in [0.5, 0.6) is 11.5 Å². The average Bonchev–Trinajstić information content (AvgIpc) is 2.97. The van der Waals surface area contributed by atoms with Gasteiger partial charge in [0.25, 0.3) is 0 Å². The molecule has 6 nitrogen and oxygen atoms in total. The zero-order valence-corrected chi connectivity index (χ0v) is 20.4. The Labute approximate surface area is 189 Å². The van der Waals surface area contributed by atoms with Gasteiger partial charge in [0.2, 0.25) is 0 Å². The van der Waals surface area contributed by atoms with Crippen LogP contribution in [0.2, 0.25) is 0 Å². The lowest BCUT2D eigenvalue weighted by Gasteiger charge is -2.15. The summed E-state index contributed by atoms with van der Waals surface area (Å²) in [5.74, 6) is 2.37. The number of thiazole rings is 1. The number of halogens is 1. The van der Waals surface area contributed by atoms with Crippen molar-refractivity contribution in [3.63, 3.8) is 0 Å². The number of aromatic nitrogens is 1. The minimum atomic E-state index is -0.0426. The number of nitrogens with one attached hydrogen (secondary N) is 2. The van der Waals surface area contributed by atoms with E-state index in [2.05, 4.69) is 34.5 Å². The van der Waals surface area contributed by atoms with Crippen LogP contribution in [0.3, 0.4) is 0 Å². The second-order valence-corrected chi connectivity index (χ2v) is 7.53. The Kier molecular flexibility index (Phi) is 11.2. The van der Waals surface area contributed by atoms with Crippen LogP contribution in [0, 0.1) is 13.8 Å². The highest BCUT2D eigenvalue weighted by Crippen LogP contribution is 2.20. The molecule has 0 spiro atoms. The number of aryl methyl sites for hydroxylation is 2. The fraction of sp³-hybridized carbons (Fsp3) is 0.500. The average molecular weight is 518 g/mol. The van der Waals surface area contributed by atoms with E-state index in [0.29, 0.717) is 6.54 Å². The Balaban J connectivity index is 0.00000392. The molecule has 0 aliphatic carbocycles. The Morgan fingerprint density at radius 3 is 2.64 bits per heavy atom. The van der Waals surface area contributed by atoms with Crippen LogP contribution in [0.15, 0.2) is 29.3 Å². The van der Waals surface area contributed by atoms with Gasteiger partial charge in [0.1, 0.15) is 17.6 Å². The van der Waals surface area contributed by atoms with Gasteiger partial charge in [-0.25, -0.2) is 9.98 Å². The predicted octanol–water partition coefficient (Wildman–Crippen LogP) is 3.95. The molecule has 8 heteroatoms. The number of hydrogen-bond donors (Lipinski definition) is 2. The zero-order valence-electron chi connectivity index (χ0n) is 17.2. The summed E-state index contributed by atoms with van der Waals surface area (Å²) in [7, 11) is 1.65. The highest BCUT2D eigenvalue weighted by atomic mass is 127. The fourth-order valence-corrected chi connectivity index (χ4v) is 3.54. The molecule has 1 heterocycles. The number of aliphatic imine (C=N–C) groups is 1. The molecular formula is C20H31IN4O2S. The van der Waals surface area contributed by atoms with Crippen molar-refractivity contribution in [2.45, 2.75) is 40.2 Å². The largest absolute Gasteiger partial charge is 0.497 e. The van der Waals surface area contributed by atoms with Crippen LogP contribution < -0.4 is 20.1 Å². The molecular weight excluding hydrogens is 487 g/mol. The van der Waals surface area contributed by atoms with Crippen molar-refractivity contribution < 1.29 is 9.47 Å². The molecule has 0 bridgehead atoms. The van der Waals surface area contributed by atoms with Gasteiger partial charge in [0.05, 0.1) is 24.4 Å². The van der Waals surface area contributed by atoms with E-state index in [1.807, 2.05) is 38.1 Å². The third-order valence-corrected chi connectivity index (χ3v) is 5.01. The Morgan fingerprint density at radius 1 is 1.25 bits per heavy atom. The molecule has 28 heavy (non-hydrogen) atoms. The molecule has 1 unspecified atom stereocenters. The fourth-order valence-electron chi connectivity index (χ4n) is 2.61. The van der Waals surface area contributed by atoms with E-state index >= 15 is 0 Å². The van der Waals surface area contributed by atoms with Crippen LogP contribution in [0.4, 0.5) is 0 Å². The molecule has 0 saturated heterocycles. The first-order chi connectivity index (χ1) is 13.0. The summed E-state index contributed by atoms with van der Waals surface area (Å²) < 4.78 is 11.2. The maximum absolute atomic E-state index is 5.93. The SMILES string of the molecule is CCNC(=NCC(C)Oc1cccc(OC)c1)NCCc1sc(C)nc1C.I. The lowest BCUT2D eigenvalue weighted by molar-refractivity contribution is 0.229. The first kappa shape index (κ1) is 24.5. The van der Waals surface area contributed by atoms with Gasteiger partial charge in [-0.15, -0.1) is 35.3 Å². The van der Waals surface area contributed by atoms with Gasteiger partial charge < -0.3 is 20.1 Å². The molecule has 1 atom stereocenters. The molecule has 0 amide bonds. The van der Waals surface area contributed by atoms with E-state index in [4.69, 9.17) is 9.47 Å². The number of nitrogens with zero attached hydrogens (tertiary/aromatic N) is 2. The van der Waals surface area contributed by atoms with E-state index in [1.165, 1.54) is 4.88 Å². The van der Waals surface area contributed by atoms with Crippen LogP contribution in [0.25, 0.3) is 0 Å². The van der Waals surface area contributed by atoms with Crippen molar-refractivity contribution in [3.05, 3.63) is 39.8 Å². The minimum absolute atomic E-state index is 0. The topological polar surface area (TPSA) is 67.8 Å². The summed E-state index contributed by atoms with van der Waals surface area (Å²) in [5.41, 5.74) is 1.13. The van der Waals surface area contributed by atoms with Crippen molar-refractivity contribution in [2.75, 3.05) is 26.7 Å². The molecule has 1 aromatic carbocycles. The molecule has 2 N–H and O–H groups in total. The standard InChI is InChI=1S/C20H30N4O2S.HI/c1-6-21-20(22-11-10-19-15(3)24-16(4)27-19)23-13-14(2)26-18-9-7-8-17(12-18)25-5;/h7-9,12,14H,6,10-11,13H2,1-5H3,(H2,21,22,23);1H. The normalized spacial score (nSPS) is 12.1. The van der Waals surface area contributed by atoms with Gasteiger partial charge in [0, 0.05) is 30.5 Å². The summed E-state index contributed by atoms with van der Waals surface area (Å²) in [6, 6.07) is 7.61. The third kappa shape index (κ3) is 8.22. The molecule has 2 aromatic rings. The molecule has 0 saturated carbocycles. The Morgan fingerprint density at radius 2 is 2.00 bits per heavy atom. The van der Waals surface area contributed by atoms with Gasteiger partial charge in [0.15, 0.2) is 5.96 Å². The van der Waals surface area contributed by atoms with Crippen molar-refractivity contribution >= 4 is 41.3 Å². The van der Waals surface area contributed by atoms with E-state index in [0.717, 1.165) is 47.7 Å². The second-order valence-electron chi connectivity index (χ2n) is 6.25. The van der Waals surface area contributed by atoms with Gasteiger partial charge in [-0.1, -0.05) is 6.07 Å². The van der Waals surface area contributed by atoms with Gasteiger partial charge in [-0.05, 0) is 39.8 Å². The zero-order chi connectivity index (χ0) is 19.6. The monoisotopic (exact) mass is 518 g/mol. The first-order valence-electron chi connectivity index (χ1n) is 9.27. The molecule has 0 aliphatic rings. The summed E-state index contributed by atoms with van der Waals surface area (Å²) in [6.45, 7) is 10.4. The van der Waals surface area contributed by atoms with Crippen molar-refractivity contribution in [2.24, 2.45) is 4.99 Å². The highest BCUT2D eigenvalue weighted by molar-refractivity contribution is 14.0. The quantitative estimate of drug-likeness (QED) is 0.299. The molecule has 2 rings (SSSR count). The van der Waals surface area contributed by atoms with Crippen molar-refractivity contribution in [1.82, 2.24) is 15.6 Å². The number of ether oxygens (including phenoxy) is 2. The lowest BCUT2D eigenvalue weighted by atomic mass is 10.3. The maximum Gasteiger partial charge on any atom is 0.191 e. The lowest BCUT2D eigenvalue weighted by Crippen LogP contribution is -2.39. The van der Waals surface area contributed by atoms with Crippen LogP contribution in [-0.4, -0.2) is 43.8 Å². The first-order valence-corrected chi connectivity index (χ1v) is 10.1. The summed E-state index contributed by atoms with van der Waals surface area (Å²) in [6.07, 6.45) is 0.899. The van der Waals surface area contributed by atoms with Crippen LogP contribution in [0.1, 0.15) is 29.4 Å². The Hall–Kier alpha value is -1.55. The number of benzene rings is 1.